The Morgan fingerprint density at radius 1 is 1.09 bits per heavy atom. The molecule has 0 saturated carbocycles. The fourth-order valence-corrected chi connectivity index (χ4v) is 1.79. The van der Waals surface area contributed by atoms with Crippen LogP contribution in [0.15, 0.2) is 48.5 Å². The maximum absolute atomic E-state index is 11.8. The Morgan fingerprint density at radius 3 is 2.36 bits per heavy atom. The van der Waals surface area contributed by atoms with Crippen molar-refractivity contribution in [3.8, 4) is 5.75 Å². The zero-order valence-electron chi connectivity index (χ0n) is 11.9. The average molecular weight is 297 g/mol. The van der Waals surface area contributed by atoms with Crippen molar-refractivity contribution in [1.29, 1.82) is 0 Å². The molecule has 2 aromatic rings. The zero-order valence-corrected chi connectivity index (χ0v) is 11.9. The Bertz CT molecular complexity index is 733. The highest BCUT2D eigenvalue weighted by atomic mass is 16.4. The van der Waals surface area contributed by atoms with Crippen LogP contribution in [0.2, 0.25) is 0 Å². The number of aromatic carboxylic acids is 1. The highest BCUT2D eigenvalue weighted by Gasteiger charge is 2.08. The van der Waals surface area contributed by atoms with Crippen LogP contribution in [-0.2, 0) is 4.79 Å². The van der Waals surface area contributed by atoms with Gasteiger partial charge in [0.25, 0.3) is 0 Å². The number of carboxylic acid groups (broad SMARTS) is 1. The SMILES string of the molecule is Cc1ccc(/C=C/C(=O)Nc2ccc(C(=O)O)cc2O)cc1. The fourth-order valence-electron chi connectivity index (χ4n) is 1.79. The van der Waals surface area contributed by atoms with Gasteiger partial charge in [-0.15, -0.1) is 0 Å². The van der Waals surface area contributed by atoms with Gasteiger partial charge in [-0.25, -0.2) is 4.79 Å². The number of aryl methyl sites for hydroxylation is 1. The lowest BCUT2D eigenvalue weighted by atomic mass is 10.1. The molecule has 0 fully saturated rings. The van der Waals surface area contributed by atoms with Crippen LogP contribution in [0.5, 0.6) is 5.75 Å². The smallest absolute Gasteiger partial charge is 0.335 e. The van der Waals surface area contributed by atoms with Gasteiger partial charge in [0, 0.05) is 6.08 Å². The molecule has 112 valence electrons. The Morgan fingerprint density at radius 2 is 1.77 bits per heavy atom. The first kappa shape index (κ1) is 15.3. The molecule has 0 atom stereocenters. The van der Waals surface area contributed by atoms with Gasteiger partial charge in [0.2, 0.25) is 5.91 Å². The van der Waals surface area contributed by atoms with Crippen LogP contribution in [-0.4, -0.2) is 22.1 Å². The molecule has 0 unspecified atom stereocenters. The molecule has 0 saturated heterocycles. The van der Waals surface area contributed by atoms with Gasteiger partial charge in [0.15, 0.2) is 0 Å². The predicted octanol–water partition coefficient (Wildman–Crippen LogP) is 3.05. The Hall–Kier alpha value is -3.08. The number of rotatable bonds is 4. The summed E-state index contributed by atoms with van der Waals surface area (Å²) >= 11 is 0. The largest absolute Gasteiger partial charge is 0.506 e. The van der Waals surface area contributed by atoms with E-state index in [1.54, 1.807) is 6.08 Å². The summed E-state index contributed by atoms with van der Waals surface area (Å²) in [6, 6.07) is 11.4. The van der Waals surface area contributed by atoms with Gasteiger partial charge < -0.3 is 15.5 Å². The standard InChI is InChI=1S/C17H15NO4/c1-11-2-4-12(5-3-11)6-9-16(20)18-14-8-7-13(17(21)22)10-15(14)19/h2-10,19H,1H3,(H,18,20)(H,21,22)/b9-6+. The predicted molar refractivity (Wildman–Crippen MR) is 83.9 cm³/mol. The molecule has 5 nitrogen and oxygen atoms in total. The van der Waals surface area contributed by atoms with Crippen molar-refractivity contribution in [2.75, 3.05) is 5.32 Å². The quantitative estimate of drug-likeness (QED) is 0.598. The summed E-state index contributed by atoms with van der Waals surface area (Å²) in [7, 11) is 0. The summed E-state index contributed by atoms with van der Waals surface area (Å²) in [5.74, 6) is -1.86. The minimum Gasteiger partial charge on any atom is -0.506 e. The van der Waals surface area contributed by atoms with Gasteiger partial charge in [-0.05, 0) is 36.8 Å². The number of phenolic OH excluding ortho intramolecular Hbond substituents is 1. The van der Waals surface area contributed by atoms with Crippen molar-refractivity contribution in [1.82, 2.24) is 0 Å². The van der Waals surface area contributed by atoms with Gasteiger partial charge in [0.1, 0.15) is 5.75 Å². The van der Waals surface area contributed by atoms with Crippen LogP contribution in [0.4, 0.5) is 5.69 Å². The zero-order chi connectivity index (χ0) is 16.1. The molecule has 0 aliphatic heterocycles. The van der Waals surface area contributed by atoms with Crippen LogP contribution < -0.4 is 5.32 Å². The summed E-state index contributed by atoms with van der Waals surface area (Å²) in [6.07, 6.45) is 2.99. The lowest BCUT2D eigenvalue weighted by Gasteiger charge is -2.05. The molecule has 22 heavy (non-hydrogen) atoms. The van der Waals surface area contributed by atoms with Crippen molar-refractivity contribution >= 4 is 23.6 Å². The van der Waals surface area contributed by atoms with Crippen molar-refractivity contribution in [3.63, 3.8) is 0 Å². The van der Waals surface area contributed by atoms with Crippen LogP contribution in [0.3, 0.4) is 0 Å². The monoisotopic (exact) mass is 297 g/mol. The normalized spacial score (nSPS) is 10.6. The lowest BCUT2D eigenvalue weighted by molar-refractivity contribution is -0.111. The Labute approximate surface area is 127 Å². The summed E-state index contributed by atoms with van der Waals surface area (Å²) in [6.45, 7) is 1.98. The summed E-state index contributed by atoms with van der Waals surface area (Å²) in [4.78, 5) is 22.6. The third kappa shape index (κ3) is 3.96. The molecule has 1 amide bonds. The number of carbonyl (C=O) groups excluding carboxylic acids is 1. The van der Waals surface area contributed by atoms with E-state index in [9.17, 15) is 14.7 Å². The van der Waals surface area contributed by atoms with Crippen molar-refractivity contribution in [2.24, 2.45) is 0 Å². The first-order valence-corrected chi connectivity index (χ1v) is 6.58. The molecule has 0 heterocycles. The van der Waals surface area contributed by atoms with Gasteiger partial charge in [-0.2, -0.15) is 0 Å². The molecule has 2 rings (SSSR count). The first-order valence-electron chi connectivity index (χ1n) is 6.58. The second-order valence-electron chi connectivity index (χ2n) is 4.77. The number of aromatic hydroxyl groups is 1. The minimum atomic E-state index is -1.15. The second kappa shape index (κ2) is 6.58. The number of hydrogen-bond acceptors (Lipinski definition) is 3. The molecular formula is C17H15NO4. The fraction of sp³-hybridized carbons (Fsp3) is 0.0588. The van der Waals surface area contributed by atoms with Crippen LogP contribution in [0.1, 0.15) is 21.5 Å². The third-order valence-electron chi connectivity index (χ3n) is 3.01. The van der Waals surface area contributed by atoms with Crippen molar-refractivity contribution in [3.05, 3.63) is 65.2 Å². The van der Waals surface area contributed by atoms with E-state index in [2.05, 4.69) is 5.32 Å². The number of amides is 1. The van der Waals surface area contributed by atoms with E-state index in [0.29, 0.717) is 0 Å². The number of carbonyl (C=O) groups is 2. The van der Waals surface area contributed by atoms with E-state index in [-0.39, 0.29) is 17.0 Å². The number of nitrogens with one attached hydrogen (secondary N) is 1. The maximum atomic E-state index is 11.8. The highest BCUT2D eigenvalue weighted by Crippen LogP contribution is 2.24. The number of hydrogen-bond donors (Lipinski definition) is 3. The Balaban J connectivity index is 2.05. The maximum Gasteiger partial charge on any atom is 0.335 e. The number of phenols is 1. The molecule has 0 aliphatic rings. The second-order valence-corrected chi connectivity index (χ2v) is 4.77. The number of anilines is 1. The van der Waals surface area contributed by atoms with Crippen molar-refractivity contribution in [2.45, 2.75) is 6.92 Å². The summed E-state index contributed by atoms with van der Waals surface area (Å²) in [5.41, 5.74) is 2.12. The Kier molecular flexibility index (Phi) is 4.58. The van der Waals surface area contributed by atoms with Crippen LogP contribution in [0.25, 0.3) is 6.08 Å². The topological polar surface area (TPSA) is 86.6 Å². The highest BCUT2D eigenvalue weighted by molar-refractivity contribution is 6.03. The first-order chi connectivity index (χ1) is 10.5. The minimum absolute atomic E-state index is 0.0503. The van der Waals surface area contributed by atoms with E-state index in [4.69, 9.17) is 5.11 Å². The van der Waals surface area contributed by atoms with E-state index < -0.39 is 11.9 Å². The van der Waals surface area contributed by atoms with E-state index in [1.807, 2.05) is 31.2 Å². The molecule has 0 aliphatic carbocycles. The van der Waals surface area contributed by atoms with Crippen molar-refractivity contribution < 1.29 is 19.8 Å². The molecule has 5 heteroatoms. The van der Waals surface area contributed by atoms with Gasteiger partial charge >= 0.3 is 5.97 Å². The molecule has 0 spiro atoms. The van der Waals surface area contributed by atoms with Crippen LogP contribution >= 0.6 is 0 Å². The molecular weight excluding hydrogens is 282 g/mol. The van der Waals surface area contributed by atoms with Gasteiger partial charge in [-0.3, -0.25) is 4.79 Å². The molecule has 2 aromatic carbocycles. The third-order valence-corrected chi connectivity index (χ3v) is 3.01. The number of carboxylic acids is 1. The lowest BCUT2D eigenvalue weighted by Crippen LogP contribution is -2.08. The molecule has 3 N–H and O–H groups in total. The number of benzene rings is 2. The van der Waals surface area contributed by atoms with Crippen LogP contribution in [0, 0.1) is 6.92 Å². The van der Waals surface area contributed by atoms with Gasteiger partial charge in [0.05, 0.1) is 11.3 Å². The molecule has 0 radical (unpaired) electrons. The van der Waals surface area contributed by atoms with E-state index >= 15 is 0 Å². The summed E-state index contributed by atoms with van der Waals surface area (Å²) < 4.78 is 0. The van der Waals surface area contributed by atoms with Gasteiger partial charge in [-0.1, -0.05) is 29.8 Å². The molecule has 0 bridgehead atoms. The van der Waals surface area contributed by atoms with E-state index in [0.717, 1.165) is 17.2 Å². The van der Waals surface area contributed by atoms with E-state index in [1.165, 1.54) is 18.2 Å². The summed E-state index contributed by atoms with van der Waals surface area (Å²) in [5, 5.41) is 21.0. The average Bonchev–Trinajstić information content (AvgIpc) is 2.48. The molecule has 0 aromatic heterocycles.